The van der Waals surface area contributed by atoms with E-state index in [0.717, 1.165) is 24.1 Å². The summed E-state index contributed by atoms with van der Waals surface area (Å²) in [6.45, 7) is 8.48. The van der Waals surface area contributed by atoms with E-state index < -0.39 is 5.97 Å². The number of ether oxygens (including phenoxy) is 1. The summed E-state index contributed by atoms with van der Waals surface area (Å²) in [7, 11) is 3.97. The summed E-state index contributed by atoms with van der Waals surface area (Å²) in [5.74, 6) is -0.939. The molecule has 1 aliphatic rings. The van der Waals surface area contributed by atoms with E-state index in [1.54, 1.807) is 32.6 Å². The van der Waals surface area contributed by atoms with Gasteiger partial charge >= 0.3 is 5.97 Å². The van der Waals surface area contributed by atoms with E-state index >= 15 is 0 Å². The summed E-state index contributed by atoms with van der Waals surface area (Å²) in [6.07, 6.45) is 1.25. The van der Waals surface area contributed by atoms with Gasteiger partial charge in [0.25, 0.3) is 5.91 Å². The molecular weight excluding hydrogens is 432 g/mol. The molecule has 2 amide bonds. The first-order valence-corrected chi connectivity index (χ1v) is 11.8. The lowest BCUT2D eigenvalue weighted by Crippen LogP contribution is -2.45. The van der Waals surface area contributed by atoms with E-state index in [0.29, 0.717) is 42.1 Å². The Bertz CT molecular complexity index is 1040. The van der Waals surface area contributed by atoms with Crippen LogP contribution in [0.3, 0.4) is 0 Å². The fourth-order valence-electron chi connectivity index (χ4n) is 4.32. The molecule has 1 fully saturated rings. The van der Waals surface area contributed by atoms with Crippen LogP contribution in [-0.2, 0) is 16.1 Å². The number of aryl methyl sites for hydroxylation is 1. The average Bonchev–Trinajstić information content (AvgIpc) is 3.10. The number of nitrogens with zero attached hydrogens (tertiary/aromatic N) is 2. The standard InChI is InChI=1S/C26H36N4O4/c1-16(2)34-26(33)22-17(3)23(28-18(22)4)25(32)30-13-7-8-20(15-30)24(31)27-14-19-9-11-21(12-10-19)29(5)6/h9-12,16,20,28H,7-8,13-15H2,1-6H3,(H,27,31)/t20-/m1/s1. The molecule has 0 aliphatic carbocycles. The van der Waals surface area contributed by atoms with Gasteiger partial charge in [-0.2, -0.15) is 0 Å². The number of carbonyl (C=O) groups excluding carboxylic acids is 3. The first-order valence-electron chi connectivity index (χ1n) is 11.8. The Hall–Kier alpha value is -3.29. The maximum Gasteiger partial charge on any atom is 0.340 e. The van der Waals surface area contributed by atoms with Crippen LogP contribution in [0.1, 0.15) is 64.4 Å². The molecule has 0 bridgehead atoms. The van der Waals surface area contributed by atoms with Crippen LogP contribution in [0.5, 0.6) is 0 Å². The first kappa shape index (κ1) is 25.3. The van der Waals surface area contributed by atoms with Gasteiger partial charge in [-0.1, -0.05) is 12.1 Å². The second kappa shape index (κ2) is 10.8. The largest absolute Gasteiger partial charge is 0.459 e. The smallest absolute Gasteiger partial charge is 0.340 e. The number of H-pyrrole nitrogens is 1. The van der Waals surface area contributed by atoms with Gasteiger partial charge in [-0.3, -0.25) is 9.59 Å². The molecule has 2 heterocycles. The van der Waals surface area contributed by atoms with Gasteiger partial charge in [0.15, 0.2) is 0 Å². The molecule has 0 spiro atoms. The zero-order valence-electron chi connectivity index (χ0n) is 21.0. The van der Waals surface area contributed by atoms with Crippen molar-refractivity contribution in [1.29, 1.82) is 0 Å². The topological polar surface area (TPSA) is 94.7 Å². The number of carbonyl (C=O) groups is 3. The highest BCUT2D eigenvalue weighted by Gasteiger charge is 2.32. The van der Waals surface area contributed by atoms with Crippen LogP contribution in [0, 0.1) is 19.8 Å². The van der Waals surface area contributed by atoms with Gasteiger partial charge in [0.1, 0.15) is 5.69 Å². The molecule has 0 saturated carbocycles. The van der Waals surface area contributed by atoms with Crippen LogP contribution in [0.2, 0.25) is 0 Å². The van der Waals surface area contributed by atoms with E-state index in [-0.39, 0.29) is 23.8 Å². The average molecular weight is 469 g/mol. The minimum absolute atomic E-state index is 0.0465. The number of rotatable bonds is 7. The molecule has 184 valence electrons. The number of amides is 2. The Balaban J connectivity index is 1.63. The summed E-state index contributed by atoms with van der Waals surface area (Å²) in [4.78, 5) is 45.4. The van der Waals surface area contributed by atoms with Crippen molar-refractivity contribution in [2.24, 2.45) is 5.92 Å². The molecule has 8 heteroatoms. The zero-order chi connectivity index (χ0) is 25.0. The fraction of sp³-hybridized carbons (Fsp3) is 0.500. The third-order valence-electron chi connectivity index (χ3n) is 6.20. The SMILES string of the molecule is Cc1[nH]c(C(=O)N2CCC[C@@H](C(=O)NCc3ccc(N(C)C)cc3)C2)c(C)c1C(=O)OC(C)C. The van der Waals surface area contributed by atoms with Crippen molar-refractivity contribution in [2.45, 2.75) is 53.2 Å². The van der Waals surface area contributed by atoms with Crippen molar-refractivity contribution in [2.75, 3.05) is 32.1 Å². The van der Waals surface area contributed by atoms with Crippen LogP contribution >= 0.6 is 0 Å². The Morgan fingerprint density at radius 2 is 1.85 bits per heavy atom. The molecule has 1 saturated heterocycles. The summed E-state index contributed by atoms with van der Waals surface area (Å²) in [5.41, 5.74) is 4.12. The number of anilines is 1. The number of benzene rings is 1. The number of aromatic nitrogens is 1. The van der Waals surface area contributed by atoms with Crippen molar-refractivity contribution in [3.05, 3.63) is 52.3 Å². The molecule has 2 N–H and O–H groups in total. The van der Waals surface area contributed by atoms with Crippen LogP contribution in [0.25, 0.3) is 0 Å². The van der Waals surface area contributed by atoms with E-state index in [2.05, 4.69) is 10.3 Å². The normalized spacial score (nSPS) is 15.9. The molecule has 1 aromatic carbocycles. The summed E-state index contributed by atoms with van der Waals surface area (Å²) in [6, 6.07) is 8.05. The van der Waals surface area contributed by atoms with E-state index in [4.69, 9.17) is 4.74 Å². The van der Waals surface area contributed by atoms with Crippen LogP contribution in [-0.4, -0.2) is 61.0 Å². The highest BCUT2D eigenvalue weighted by molar-refractivity contribution is 6.00. The molecule has 1 atom stereocenters. The number of nitrogens with one attached hydrogen (secondary N) is 2. The highest BCUT2D eigenvalue weighted by Crippen LogP contribution is 2.24. The van der Waals surface area contributed by atoms with Crippen molar-refractivity contribution >= 4 is 23.5 Å². The molecule has 2 aromatic rings. The summed E-state index contributed by atoms with van der Waals surface area (Å²) in [5, 5.41) is 3.01. The number of esters is 1. The molecule has 34 heavy (non-hydrogen) atoms. The monoisotopic (exact) mass is 468 g/mol. The number of aromatic amines is 1. The molecular formula is C26H36N4O4. The van der Waals surface area contributed by atoms with Crippen molar-refractivity contribution in [1.82, 2.24) is 15.2 Å². The number of hydrogen-bond acceptors (Lipinski definition) is 5. The fourth-order valence-corrected chi connectivity index (χ4v) is 4.32. The minimum atomic E-state index is -0.435. The Morgan fingerprint density at radius 3 is 2.47 bits per heavy atom. The third kappa shape index (κ3) is 5.79. The van der Waals surface area contributed by atoms with Crippen LogP contribution in [0.15, 0.2) is 24.3 Å². The van der Waals surface area contributed by atoms with E-state index in [1.165, 1.54) is 0 Å². The second-order valence-electron chi connectivity index (χ2n) is 9.45. The maximum atomic E-state index is 13.3. The van der Waals surface area contributed by atoms with Crippen LogP contribution < -0.4 is 10.2 Å². The number of hydrogen-bond donors (Lipinski definition) is 2. The maximum absolute atomic E-state index is 13.3. The minimum Gasteiger partial charge on any atom is -0.459 e. The van der Waals surface area contributed by atoms with Gasteiger partial charge < -0.3 is 24.8 Å². The van der Waals surface area contributed by atoms with Gasteiger partial charge in [-0.25, -0.2) is 4.79 Å². The zero-order valence-corrected chi connectivity index (χ0v) is 21.0. The second-order valence-corrected chi connectivity index (χ2v) is 9.45. The third-order valence-corrected chi connectivity index (χ3v) is 6.20. The Labute approximate surface area is 201 Å². The quantitative estimate of drug-likeness (QED) is 0.607. The molecule has 0 radical (unpaired) electrons. The Morgan fingerprint density at radius 1 is 1.18 bits per heavy atom. The summed E-state index contributed by atoms with van der Waals surface area (Å²) < 4.78 is 5.33. The predicted molar refractivity (Wildman–Crippen MR) is 132 cm³/mol. The molecule has 1 aliphatic heterocycles. The lowest BCUT2D eigenvalue weighted by atomic mass is 9.96. The van der Waals surface area contributed by atoms with E-state index in [1.807, 2.05) is 43.3 Å². The van der Waals surface area contributed by atoms with Crippen LogP contribution in [0.4, 0.5) is 5.69 Å². The van der Waals surface area contributed by atoms with Gasteiger partial charge in [-0.15, -0.1) is 0 Å². The van der Waals surface area contributed by atoms with Crippen molar-refractivity contribution in [3.63, 3.8) is 0 Å². The molecule has 3 rings (SSSR count). The number of likely N-dealkylation sites (tertiary alicyclic amines) is 1. The van der Waals surface area contributed by atoms with E-state index in [9.17, 15) is 14.4 Å². The lowest BCUT2D eigenvalue weighted by molar-refractivity contribution is -0.126. The van der Waals surface area contributed by atoms with Gasteiger partial charge in [0.05, 0.1) is 17.6 Å². The number of piperidine rings is 1. The van der Waals surface area contributed by atoms with Crippen molar-refractivity contribution < 1.29 is 19.1 Å². The lowest BCUT2D eigenvalue weighted by Gasteiger charge is -2.32. The molecule has 8 nitrogen and oxygen atoms in total. The predicted octanol–water partition coefficient (Wildman–Crippen LogP) is 3.43. The highest BCUT2D eigenvalue weighted by atomic mass is 16.5. The van der Waals surface area contributed by atoms with Gasteiger partial charge in [0.2, 0.25) is 5.91 Å². The molecule has 1 aromatic heterocycles. The van der Waals surface area contributed by atoms with Gasteiger partial charge in [-0.05, 0) is 63.8 Å². The Kier molecular flexibility index (Phi) is 8.02. The molecule has 0 unspecified atom stereocenters. The van der Waals surface area contributed by atoms with Crippen molar-refractivity contribution in [3.8, 4) is 0 Å². The summed E-state index contributed by atoms with van der Waals surface area (Å²) >= 11 is 0. The van der Waals surface area contributed by atoms with Gasteiger partial charge in [0, 0.05) is 45.1 Å². The first-order chi connectivity index (χ1) is 16.1.